The zero-order valence-corrected chi connectivity index (χ0v) is 10.6. The van der Waals surface area contributed by atoms with E-state index in [4.69, 9.17) is 16.7 Å². The SMILES string of the molecule is Cc1c(Cl)cc(F)c(O)c1CC(C)(C)C(=O)O. The second kappa shape index (κ2) is 4.53. The first-order chi connectivity index (χ1) is 7.66. The maximum Gasteiger partial charge on any atom is 0.309 e. The summed E-state index contributed by atoms with van der Waals surface area (Å²) in [6.45, 7) is 4.63. The van der Waals surface area contributed by atoms with Crippen molar-refractivity contribution in [3.8, 4) is 5.75 Å². The summed E-state index contributed by atoms with van der Waals surface area (Å²) in [6, 6.07) is 1.02. The van der Waals surface area contributed by atoms with Gasteiger partial charge in [0, 0.05) is 10.6 Å². The zero-order valence-electron chi connectivity index (χ0n) is 9.84. The van der Waals surface area contributed by atoms with Crippen molar-refractivity contribution in [1.29, 1.82) is 0 Å². The van der Waals surface area contributed by atoms with E-state index < -0.39 is 23.0 Å². The molecule has 0 aliphatic carbocycles. The third kappa shape index (κ3) is 2.69. The fourth-order valence-electron chi connectivity index (χ4n) is 1.49. The summed E-state index contributed by atoms with van der Waals surface area (Å²) in [4.78, 5) is 11.0. The molecule has 0 spiro atoms. The number of hydrogen-bond donors (Lipinski definition) is 2. The van der Waals surface area contributed by atoms with Gasteiger partial charge in [0.2, 0.25) is 0 Å². The predicted molar refractivity (Wildman–Crippen MR) is 62.9 cm³/mol. The lowest BCUT2D eigenvalue weighted by Gasteiger charge is -2.21. The maximum absolute atomic E-state index is 13.3. The van der Waals surface area contributed by atoms with Gasteiger partial charge in [0.25, 0.3) is 0 Å². The highest BCUT2D eigenvalue weighted by Crippen LogP contribution is 2.35. The van der Waals surface area contributed by atoms with Crippen LogP contribution < -0.4 is 0 Å². The van der Waals surface area contributed by atoms with Crippen LogP contribution in [0.3, 0.4) is 0 Å². The molecule has 2 N–H and O–H groups in total. The Bertz CT molecular complexity index is 443. The Kier molecular flexibility index (Phi) is 3.67. The number of carboxylic acid groups (broad SMARTS) is 1. The van der Waals surface area contributed by atoms with Crippen LogP contribution >= 0.6 is 11.6 Å². The van der Waals surface area contributed by atoms with Crippen molar-refractivity contribution in [1.82, 2.24) is 0 Å². The van der Waals surface area contributed by atoms with Crippen LogP contribution in [0, 0.1) is 18.2 Å². The van der Waals surface area contributed by atoms with Gasteiger partial charge in [-0.1, -0.05) is 11.6 Å². The number of aliphatic carboxylic acids is 1. The van der Waals surface area contributed by atoms with Crippen molar-refractivity contribution < 1.29 is 19.4 Å². The van der Waals surface area contributed by atoms with Crippen molar-refractivity contribution in [2.45, 2.75) is 27.2 Å². The number of carboxylic acids is 1. The van der Waals surface area contributed by atoms with Crippen molar-refractivity contribution in [2.75, 3.05) is 0 Å². The van der Waals surface area contributed by atoms with Crippen LogP contribution in [0.1, 0.15) is 25.0 Å². The Labute approximate surface area is 104 Å². The van der Waals surface area contributed by atoms with E-state index >= 15 is 0 Å². The molecule has 0 unspecified atom stereocenters. The Morgan fingerprint density at radius 1 is 1.53 bits per heavy atom. The van der Waals surface area contributed by atoms with Crippen LogP contribution in [0.2, 0.25) is 5.02 Å². The maximum atomic E-state index is 13.3. The molecular formula is C12H14ClFO3. The minimum absolute atomic E-state index is 0.0114. The van der Waals surface area contributed by atoms with E-state index in [1.807, 2.05) is 0 Å². The van der Waals surface area contributed by atoms with Gasteiger partial charge in [-0.25, -0.2) is 4.39 Å². The quantitative estimate of drug-likeness (QED) is 0.878. The lowest BCUT2D eigenvalue weighted by Crippen LogP contribution is -2.26. The van der Waals surface area contributed by atoms with Crippen molar-refractivity contribution >= 4 is 17.6 Å². The van der Waals surface area contributed by atoms with Crippen LogP contribution in [0.25, 0.3) is 0 Å². The Hall–Kier alpha value is -1.29. The van der Waals surface area contributed by atoms with Crippen LogP contribution in [-0.2, 0) is 11.2 Å². The fraction of sp³-hybridized carbons (Fsp3) is 0.417. The van der Waals surface area contributed by atoms with Crippen molar-refractivity contribution in [2.24, 2.45) is 5.41 Å². The fourth-order valence-corrected chi connectivity index (χ4v) is 1.70. The lowest BCUT2D eigenvalue weighted by molar-refractivity contribution is -0.146. The number of carbonyl (C=O) groups is 1. The average Bonchev–Trinajstić information content (AvgIpc) is 2.21. The standard InChI is InChI=1S/C12H14ClFO3/c1-6-7(5-12(2,3)11(16)17)10(15)9(14)4-8(6)13/h4,15H,5H2,1-3H3,(H,16,17). The summed E-state index contributed by atoms with van der Waals surface area (Å²) < 4.78 is 13.3. The third-order valence-corrected chi connectivity index (χ3v) is 3.17. The predicted octanol–water partition coefficient (Wildman–Crippen LogP) is 3.15. The Morgan fingerprint density at radius 2 is 2.06 bits per heavy atom. The molecule has 0 saturated carbocycles. The highest BCUT2D eigenvalue weighted by molar-refractivity contribution is 6.31. The van der Waals surface area contributed by atoms with Gasteiger partial charge < -0.3 is 10.2 Å². The molecule has 0 heterocycles. The first kappa shape index (κ1) is 13.8. The average molecular weight is 261 g/mol. The molecule has 94 valence electrons. The summed E-state index contributed by atoms with van der Waals surface area (Å²) in [5.41, 5.74) is -0.360. The smallest absolute Gasteiger partial charge is 0.309 e. The summed E-state index contributed by atoms with van der Waals surface area (Å²) >= 11 is 5.80. The summed E-state index contributed by atoms with van der Waals surface area (Å²) in [5.74, 6) is -2.38. The molecule has 1 aromatic carbocycles. The van der Waals surface area contributed by atoms with E-state index in [2.05, 4.69) is 0 Å². The number of phenols is 1. The molecule has 0 fully saturated rings. The zero-order chi connectivity index (χ0) is 13.4. The number of phenolic OH excluding ortho intramolecular Hbond substituents is 1. The topological polar surface area (TPSA) is 57.5 Å². The largest absolute Gasteiger partial charge is 0.505 e. The molecule has 1 aromatic rings. The molecule has 0 aliphatic rings. The molecule has 0 radical (unpaired) electrons. The highest BCUT2D eigenvalue weighted by Gasteiger charge is 2.30. The van der Waals surface area contributed by atoms with Gasteiger partial charge in [-0.2, -0.15) is 0 Å². The minimum Gasteiger partial charge on any atom is -0.505 e. The molecule has 0 atom stereocenters. The van der Waals surface area contributed by atoms with Gasteiger partial charge in [0.05, 0.1) is 5.41 Å². The molecule has 0 bridgehead atoms. The van der Waals surface area contributed by atoms with Crippen LogP contribution in [0.4, 0.5) is 4.39 Å². The third-order valence-electron chi connectivity index (χ3n) is 2.77. The van der Waals surface area contributed by atoms with Crippen molar-refractivity contribution in [3.63, 3.8) is 0 Å². The van der Waals surface area contributed by atoms with E-state index in [1.54, 1.807) is 6.92 Å². The molecular weight excluding hydrogens is 247 g/mol. The van der Waals surface area contributed by atoms with Gasteiger partial charge in [-0.15, -0.1) is 0 Å². The van der Waals surface area contributed by atoms with Crippen molar-refractivity contribution in [3.05, 3.63) is 28.0 Å². The molecule has 0 saturated heterocycles. The Morgan fingerprint density at radius 3 is 2.53 bits per heavy atom. The molecule has 0 aromatic heterocycles. The molecule has 5 heteroatoms. The monoisotopic (exact) mass is 260 g/mol. The van der Waals surface area contributed by atoms with Gasteiger partial charge in [-0.3, -0.25) is 4.79 Å². The van der Waals surface area contributed by atoms with Gasteiger partial charge in [0.15, 0.2) is 11.6 Å². The molecule has 17 heavy (non-hydrogen) atoms. The van der Waals surface area contributed by atoms with E-state index in [1.165, 1.54) is 13.8 Å². The lowest BCUT2D eigenvalue weighted by atomic mass is 9.84. The highest BCUT2D eigenvalue weighted by atomic mass is 35.5. The van der Waals surface area contributed by atoms with Crippen LogP contribution in [0.15, 0.2) is 6.07 Å². The van der Waals surface area contributed by atoms with Gasteiger partial charge in [-0.05, 0) is 38.8 Å². The Balaban J connectivity index is 3.28. The van der Waals surface area contributed by atoms with Crippen LogP contribution in [0.5, 0.6) is 5.75 Å². The number of aromatic hydroxyl groups is 1. The molecule has 0 amide bonds. The minimum atomic E-state index is -1.10. The van der Waals surface area contributed by atoms with Gasteiger partial charge in [0.1, 0.15) is 0 Å². The molecule has 0 aliphatic heterocycles. The van der Waals surface area contributed by atoms with E-state index in [0.29, 0.717) is 5.56 Å². The first-order valence-corrected chi connectivity index (χ1v) is 5.44. The summed E-state index contributed by atoms with van der Waals surface area (Å²) in [6.07, 6.45) is 0.0114. The van der Waals surface area contributed by atoms with Gasteiger partial charge >= 0.3 is 5.97 Å². The van der Waals surface area contributed by atoms with E-state index in [0.717, 1.165) is 6.07 Å². The second-order valence-corrected chi connectivity index (χ2v) is 5.07. The number of benzene rings is 1. The van der Waals surface area contributed by atoms with Crippen LogP contribution in [-0.4, -0.2) is 16.2 Å². The number of hydrogen-bond acceptors (Lipinski definition) is 2. The van der Waals surface area contributed by atoms with E-state index in [-0.39, 0.29) is 17.0 Å². The molecule has 1 rings (SSSR count). The molecule has 3 nitrogen and oxygen atoms in total. The summed E-state index contributed by atoms with van der Waals surface area (Å²) in [5, 5.41) is 18.8. The number of halogens is 2. The summed E-state index contributed by atoms with van der Waals surface area (Å²) in [7, 11) is 0. The second-order valence-electron chi connectivity index (χ2n) is 4.66. The number of rotatable bonds is 3. The van der Waals surface area contributed by atoms with E-state index in [9.17, 15) is 14.3 Å². The normalized spacial score (nSPS) is 11.6. The first-order valence-electron chi connectivity index (χ1n) is 5.06.